The van der Waals surface area contributed by atoms with E-state index in [1.165, 1.54) is 29.5 Å². The van der Waals surface area contributed by atoms with E-state index in [0.29, 0.717) is 6.54 Å². The molecule has 1 heterocycles. The Kier molecular flexibility index (Phi) is 5.18. The molecule has 0 radical (unpaired) electrons. The summed E-state index contributed by atoms with van der Waals surface area (Å²) < 4.78 is 14.8. The molecule has 0 unspecified atom stereocenters. The van der Waals surface area contributed by atoms with Gasteiger partial charge < -0.3 is 4.90 Å². The number of hydrogen-bond acceptors (Lipinski definition) is 3. The summed E-state index contributed by atoms with van der Waals surface area (Å²) in [7, 11) is 0. The van der Waals surface area contributed by atoms with Gasteiger partial charge in [-0.15, -0.1) is 0 Å². The standard InChI is InChI=1S/C19H19FN4O/c1-2-24(18(25)12-23-14-21-13-22-23)19(15-6-4-3-5-7-15)16-8-10-17(20)11-9-16/h3-11,13-14,19H,2,12H2,1H3/t19-/m1/s1. The summed E-state index contributed by atoms with van der Waals surface area (Å²) in [5.41, 5.74) is 1.84. The third-order valence-corrected chi connectivity index (χ3v) is 4.04. The van der Waals surface area contributed by atoms with E-state index in [0.717, 1.165) is 11.1 Å². The van der Waals surface area contributed by atoms with Gasteiger partial charge in [-0.25, -0.2) is 14.1 Å². The summed E-state index contributed by atoms with van der Waals surface area (Å²) in [5, 5.41) is 4.00. The number of benzene rings is 2. The molecule has 128 valence electrons. The summed E-state index contributed by atoms with van der Waals surface area (Å²) in [4.78, 5) is 18.5. The van der Waals surface area contributed by atoms with Crippen molar-refractivity contribution < 1.29 is 9.18 Å². The van der Waals surface area contributed by atoms with Crippen molar-refractivity contribution in [3.05, 3.63) is 84.2 Å². The first-order valence-electron chi connectivity index (χ1n) is 8.11. The Morgan fingerprint density at radius 2 is 1.80 bits per heavy atom. The fraction of sp³-hybridized carbons (Fsp3) is 0.211. The highest BCUT2D eigenvalue weighted by molar-refractivity contribution is 5.77. The van der Waals surface area contributed by atoms with Gasteiger partial charge in [0, 0.05) is 6.54 Å². The first-order valence-corrected chi connectivity index (χ1v) is 8.11. The molecule has 1 aromatic heterocycles. The number of carbonyl (C=O) groups is 1. The molecule has 2 aromatic carbocycles. The second kappa shape index (κ2) is 7.70. The number of amides is 1. The maximum Gasteiger partial charge on any atom is 0.245 e. The van der Waals surface area contributed by atoms with Crippen LogP contribution in [0.15, 0.2) is 67.3 Å². The molecule has 1 amide bonds. The molecule has 0 fully saturated rings. The van der Waals surface area contributed by atoms with Crippen LogP contribution in [0.25, 0.3) is 0 Å². The number of carbonyl (C=O) groups excluding carboxylic acids is 1. The molecular weight excluding hydrogens is 319 g/mol. The van der Waals surface area contributed by atoms with Crippen molar-refractivity contribution in [3.8, 4) is 0 Å². The highest BCUT2D eigenvalue weighted by atomic mass is 19.1. The van der Waals surface area contributed by atoms with Crippen LogP contribution in [-0.4, -0.2) is 32.1 Å². The van der Waals surface area contributed by atoms with Gasteiger partial charge in [-0.2, -0.15) is 5.10 Å². The first-order chi connectivity index (χ1) is 12.2. The minimum Gasteiger partial charge on any atom is -0.330 e. The van der Waals surface area contributed by atoms with Crippen molar-refractivity contribution in [1.29, 1.82) is 0 Å². The maximum atomic E-state index is 13.3. The van der Waals surface area contributed by atoms with E-state index >= 15 is 0 Å². The highest BCUT2D eigenvalue weighted by Crippen LogP contribution is 2.29. The summed E-state index contributed by atoms with van der Waals surface area (Å²) >= 11 is 0. The van der Waals surface area contributed by atoms with Gasteiger partial charge in [0.05, 0.1) is 6.04 Å². The van der Waals surface area contributed by atoms with E-state index in [1.807, 2.05) is 37.3 Å². The van der Waals surface area contributed by atoms with Crippen molar-refractivity contribution in [3.63, 3.8) is 0 Å². The van der Waals surface area contributed by atoms with E-state index in [-0.39, 0.29) is 24.3 Å². The molecular formula is C19H19FN4O. The normalized spacial score (nSPS) is 11.9. The van der Waals surface area contributed by atoms with Crippen LogP contribution in [0, 0.1) is 5.82 Å². The average Bonchev–Trinajstić information content (AvgIpc) is 3.14. The molecule has 6 heteroatoms. The van der Waals surface area contributed by atoms with E-state index < -0.39 is 0 Å². The van der Waals surface area contributed by atoms with Crippen LogP contribution in [0.4, 0.5) is 4.39 Å². The molecule has 0 aliphatic rings. The molecule has 0 bridgehead atoms. The minimum atomic E-state index is -0.299. The molecule has 3 rings (SSSR count). The smallest absolute Gasteiger partial charge is 0.245 e. The molecule has 25 heavy (non-hydrogen) atoms. The van der Waals surface area contributed by atoms with Gasteiger partial charge in [0.15, 0.2) is 0 Å². The van der Waals surface area contributed by atoms with Gasteiger partial charge in [-0.05, 0) is 30.2 Å². The van der Waals surface area contributed by atoms with Crippen molar-refractivity contribution in [2.75, 3.05) is 6.54 Å². The maximum absolute atomic E-state index is 13.3. The van der Waals surface area contributed by atoms with Gasteiger partial charge >= 0.3 is 0 Å². The predicted octanol–water partition coefficient (Wildman–Crippen LogP) is 3.06. The fourth-order valence-electron chi connectivity index (χ4n) is 2.88. The first kappa shape index (κ1) is 16.8. The third-order valence-electron chi connectivity index (χ3n) is 4.04. The summed E-state index contributed by atoms with van der Waals surface area (Å²) in [6, 6.07) is 15.7. The Balaban J connectivity index is 1.96. The monoisotopic (exact) mass is 338 g/mol. The Bertz CT molecular complexity index is 803. The van der Waals surface area contributed by atoms with Crippen molar-refractivity contribution >= 4 is 5.91 Å². The molecule has 3 aromatic rings. The van der Waals surface area contributed by atoms with Crippen molar-refractivity contribution in [2.24, 2.45) is 0 Å². The zero-order chi connectivity index (χ0) is 17.6. The Labute approximate surface area is 145 Å². The predicted molar refractivity (Wildman–Crippen MR) is 92.1 cm³/mol. The number of hydrogen-bond donors (Lipinski definition) is 0. The molecule has 5 nitrogen and oxygen atoms in total. The Morgan fingerprint density at radius 3 is 2.40 bits per heavy atom. The van der Waals surface area contributed by atoms with Gasteiger partial charge in [0.2, 0.25) is 5.91 Å². The second-order valence-electron chi connectivity index (χ2n) is 5.64. The van der Waals surface area contributed by atoms with Gasteiger partial charge in [0.1, 0.15) is 25.0 Å². The third kappa shape index (κ3) is 3.91. The van der Waals surface area contributed by atoms with Crippen molar-refractivity contribution in [2.45, 2.75) is 19.5 Å². The lowest BCUT2D eigenvalue weighted by Crippen LogP contribution is -2.37. The summed E-state index contributed by atoms with van der Waals surface area (Å²) in [5.74, 6) is -0.376. The van der Waals surface area contributed by atoms with Gasteiger partial charge in [-0.1, -0.05) is 42.5 Å². The lowest BCUT2D eigenvalue weighted by molar-refractivity contribution is -0.133. The highest BCUT2D eigenvalue weighted by Gasteiger charge is 2.25. The number of nitrogens with zero attached hydrogens (tertiary/aromatic N) is 4. The lowest BCUT2D eigenvalue weighted by Gasteiger charge is -2.32. The van der Waals surface area contributed by atoms with Crippen LogP contribution in [-0.2, 0) is 11.3 Å². The van der Waals surface area contributed by atoms with Crippen LogP contribution in [0.3, 0.4) is 0 Å². The van der Waals surface area contributed by atoms with Crippen LogP contribution in [0.2, 0.25) is 0 Å². The minimum absolute atomic E-state index is 0.0776. The molecule has 0 spiro atoms. The molecule has 0 aliphatic carbocycles. The van der Waals surface area contributed by atoms with E-state index in [4.69, 9.17) is 0 Å². The number of halogens is 1. The molecule has 0 N–H and O–H groups in total. The number of likely N-dealkylation sites (N-methyl/N-ethyl adjacent to an activating group) is 1. The van der Waals surface area contributed by atoms with Crippen molar-refractivity contribution in [1.82, 2.24) is 19.7 Å². The summed E-state index contributed by atoms with van der Waals surface area (Å²) in [6.07, 6.45) is 2.92. The average molecular weight is 338 g/mol. The van der Waals surface area contributed by atoms with Gasteiger partial charge in [0.25, 0.3) is 0 Å². The van der Waals surface area contributed by atoms with Crippen LogP contribution in [0.1, 0.15) is 24.1 Å². The van der Waals surface area contributed by atoms with E-state index in [9.17, 15) is 9.18 Å². The zero-order valence-electron chi connectivity index (χ0n) is 13.9. The van der Waals surface area contributed by atoms with Crippen LogP contribution < -0.4 is 0 Å². The lowest BCUT2D eigenvalue weighted by atomic mass is 9.97. The topological polar surface area (TPSA) is 51.0 Å². The molecule has 0 saturated heterocycles. The summed E-state index contributed by atoms with van der Waals surface area (Å²) in [6.45, 7) is 2.56. The SMILES string of the molecule is CCN(C(=O)Cn1cncn1)[C@H](c1ccccc1)c1ccc(F)cc1. The zero-order valence-corrected chi connectivity index (χ0v) is 13.9. The van der Waals surface area contributed by atoms with E-state index in [1.54, 1.807) is 17.0 Å². The fourth-order valence-corrected chi connectivity index (χ4v) is 2.88. The molecule has 0 aliphatic heterocycles. The van der Waals surface area contributed by atoms with E-state index in [2.05, 4.69) is 10.1 Å². The quantitative estimate of drug-likeness (QED) is 0.694. The van der Waals surface area contributed by atoms with Crippen LogP contribution >= 0.6 is 0 Å². The van der Waals surface area contributed by atoms with Gasteiger partial charge in [-0.3, -0.25) is 4.79 Å². The number of rotatable bonds is 6. The Morgan fingerprint density at radius 1 is 1.12 bits per heavy atom. The molecule has 1 atom stereocenters. The second-order valence-corrected chi connectivity index (χ2v) is 5.64. The molecule has 0 saturated carbocycles. The number of aromatic nitrogens is 3. The Hall–Kier alpha value is -3.02. The van der Waals surface area contributed by atoms with Crippen LogP contribution in [0.5, 0.6) is 0 Å². The largest absolute Gasteiger partial charge is 0.330 e.